The summed E-state index contributed by atoms with van der Waals surface area (Å²) >= 11 is 0.338. The number of carbonyl (C=O) groups excluding carboxylic acids is 1. The average molecular weight is 320 g/mol. The van der Waals surface area contributed by atoms with E-state index in [1.54, 1.807) is 18.2 Å². The molecule has 1 aromatic carbocycles. The standard InChI is InChI=1S/C13H12F4N2OS/c1-12(13(15,16)17)10(20)19-11(21-12)18-7-6-8-4-2-3-5-9(8)14/h2-5H,6-7H2,1H3,(H,18,19,20). The van der Waals surface area contributed by atoms with E-state index in [1.807, 2.05) is 0 Å². The number of thioether (sulfide) groups is 1. The maximum absolute atomic E-state index is 13.4. The molecule has 114 valence electrons. The number of nitrogens with zero attached hydrogens (tertiary/aromatic N) is 1. The van der Waals surface area contributed by atoms with E-state index >= 15 is 0 Å². The van der Waals surface area contributed by atoms with Gasteiger partial charge in [0.05, 0.1) is 0 Å². The molecule has 1 saturated heterocycles. The van der Waals surface area contributed by atoms with Gasteiger partial charge in [0.1, 0.15) is 5.82 Å². The van der Waals surface area contributed by atoms with Gasteiger partial charge in [-0.05, 0) is 25.0 Å². The summed E-state index contributed by atoms with van der Waals surface area (Å²) in [5.74, 6) is -1.52. The van der Waals surface area contributed by atoms with Crippen molar-refractivity contribution in [3.05, 3.63) is 35.6 Å². The van der Waals surface area contributed by atoms with E-state index < -0.39 is 16.8 Å². The molecule has 1 fully saturated rings. The number of amidine groups is 1. The molecule has 0 aromatic heterocycles. The second kappa shape index (κ2) is 5.67. The molecule has 1 aliphatic heterocycles. The fourth-order valence-electron chi connectivity index (χ4n) is 1.72. The zero-order chi connectivity index (χ0) is 15.7. The molecule has 1 atom stereocenters. The smallest absolute Gasteiger partial charge is 0.304 e. The second-order valence-corrected chi connectivity index (χ2v) is 6.02. The molecule has 8 heteroatoms. The minimum Gasteiger partial charge on any atom is -0.304 e. The van der Waals surface area contributed by atoms with Crippen molar-refractivity contribution in [3.8, 4) is 0 Å². The highest BCUT2D eigenvalue weighted by molar-refractivity contribution is 8.16. The molecular weight excluding hydrogens is 308 g/mol. The maximum atomic E-state index is 13.4. The molecule has 3 nitrogen and oxygen atoms in total. The normalized spacial score (nSPS) is 24.4. The highest BCUT2D eigenvalue weighted by Gasteiger charge is 2.61. The van der Waals surface area contributed by atoms with E-state index in [-0.39, 0.29) is 24.0 Å². The van der Waals surface area contributed by atoms with Crippen LogP contribution in [-0.4, -0.2) is 28.5 Å². The van der Waals surface area contributed by atoms with Gasteiger partial charge in [0.25, 0.3) is 5.91 Å². The first-order valence-electron chi connectivity index (χ1n) is 6.09. The Morgan fingerprint density at radius 1 is 1.33 bits per heavy atom. The molecule has 21 heavy (non-hydrogen) atoms. The maximum Gasteiger partial charge on any atom is 0.412 e. The van der Waals surface area contributed by atoms with E-state index in [0.717, 1.165) is 6.92 Å². The van der Waals surface area contributed by atoms with Crippen LogP contribution in [0.25, 0.3) is 0 Å². The monoisotopic (exact) mass is 320 g/mol. The molecule has 1 N–H and O–H groups in total. The molecular formula is C13H12F4N2OS. The van der Waals surface area contributed by atoms with Gasteiger partial charge in [-0.25, -0.2) is 4.39 Å². The molecule has 1 unspecified atom stereocenters. The molecule has 0 bridgehead atoms. The number of benzene rings is 1. The van der Waals surface area contributed by atoms with Crippen LogP contribution in [0, 0.1) is 5.82 Å². The van der Waals surface area contributed by atoms with Crippen molar-refractivity contribution in [2.24, 2.45) is 4.99 Å². The molecule has 2 rings (SSSR count). The lowest BCUT2D eigenvalue weighted by molar-refractivity contribution is -0.166. The third-order valence-electron chi connectivity index (χ3n) is 3.09. The number of halogens is 4. The zero-order valence-corrected chi connectivity index (χ0v) is 11.8. The van der Waals surface area contributed by atoms with Crippen molar-refractivity contribution in [2.75, 3.05) is 6.54 Å². The first-order valence-corrected chi connectivity index (χ1v) is 6.91. The Hall–Kier alpha value is -1.57. The summed E-state index contributed by atoms with van der Waals surface area (Å²) in [6.45, 7) is 0.907. The lowest BCUT2D eigenvalue weighted by atomic mass is 10.1. The number of hydrogen-bond acceptors (Lipinski definition) is 3. The van der Waals surface area contributed by atoms with E-state index in [1.165, 1.54) is 6.07 Å². The van der Waals surface area contributed by atoms with E-state index in [0.29, 0.717) is 17.3 Å². The van der Waals surface area contributed by atoms with Gasteiger partial charge < -0.3 is 5.32 Å². The summed E-state index contributed by atoms with van der Waals surface area (Å²) in [6, 6.07) is 6.09. The van der Waals surface area contributed by atoms with Crippen molar-refractivity contribution >= 4 is 22.8 Å². The third kappa shape index (κ3) is 3.20. The van der Waals surface area contributed by atoms with Crippen LogP contribution in [0.1, 0.15) is 12.5 Å². The van der Waals surface area contributed by atoms with Gasteiger partial charge in [-0.1, -0.05) is 30.0 Å². The second-order valence-electron chi connectivity index (χ2n) is 4.62. The summed E-state index contributed by atoms with van der Waals surface area (Å²) < 4.78 is 49.3. The van der Waals surface area contributed by atoms with Crippen LogP contribution in [0.3, 0.4) is 0 Å². The molecule has 1 heterocycles. The summed E-state index contributed by atoms with van der Waals surface area (Å²) in [6.07, 6.45) is -4.42. The van der Waals surface area contributed by atoms with Gasteiger partial charge in [-0.15, -0.1) is 0 Å². The van der Waals surface area contributed by atoms with Crippen molar-refractivity contribution in [2.45, 2.75) is 24.3 Å². The van der Waals surface area contributed by atoms with E-state index in [2.05, 4.69) is 10.3 Å². The van der Waals surface area contributed by atoms with Crippen LogP contribution in [0.5, 0.6) is 0 Å². The fourth-order valence-corrected chi connectivity index (χ4v) is 2.66. The van der Waals surface area contributed by atoms with Gasteiger partial charge in [0, 0.05) is 6.54 Å². The Labute approximate surface area is 122 Å². The van der Waals surface area contributed by atoms with Crippen molar-refractivity contribution in [1.82, 2.24) is 5.32 Å². The van der Waals surface area contributed by atoms with Crippen LogP contribution in [0.4, 0.5) is 17.6 Å². The Morgan fingerprint density at radius 2 is 2.00 bits per heavy atom. The largest absolute Gasteiger partial charge is 0.412 e. The van der Waals surface area contributed by atoms with Crippen molar-refractivity contribution in [3.63, 3.8) is 0 Å². The fraction of sp³-hybridized carbons (Fsp3) is 0.385. The van der Waals surface area contributed by atoms with E-state index in [4.69, 9.17) is 0 Å². The van der Waals surface area contributed by atoms with Gasteiger partial charge in [0.15, 0.2) is 9.91 Å². The molecule has 0 aliphatic carbocycles. The Balaban J connectivity index is 2.02. The minimum atomic E-state index is -4.66. The van der Waals surface area contributed by atoms with Crippen LogP contribution >= 0.6 is 11.8 Å². The summed E-state index contributed by atoms with van der Waals surface area (Å²) in [7, 11) is 0. The number of carbonyl (C=O) groups is 1. The number of hydrogen-bond donors (Lipinski definition) is 1. The average Bonchev–Trinajstić information content (AvgIpc) is 2.68. The topological polar surface area (TPSA) is 41.5 Å². The van der Waals surface area contributed by atoms with Crippen molar-refractivity contribution < 1.29 is 22.4 Å². The number of aliphatic imine (C=N–C) groups is 1. The summed E-state index contributed by atoms with van der Waals surface area (Å²) in [5.41, 5.74) is 0.426. The third-order valence-corrected chi connectivity index (χ3v) is 4.34. The molecule has 0 saturated carbocycles. The highest BCUT2D eigenvalue weighted by atomic mass is 32.2. The number of rotatable bonds is 3. The lowest BCUT2D eigenvalue weighted by Gasteiger charge is -2.21. The van der Waals surface area contributed by atoms with Crippen molar-refractivity contribution in [1.29, 1.82) is 0 Å². The lowest BCUT2D eigenvalue weighted by Crippen LogP contribution is -2.46. The molecule has 1 aromatic rings. The quantitative estimate of drug-likeness (QED) is 0.870. The van der Waals surface area contributed by atoms with Crippen LogP contribution in [0.2, 0.25) is 0 Å². The first-order chi connectivity index (χ1) is 9.74. The number of nitrogens with one attached hydrogen (secondary N) is 1. The Kier molecular flexibility index (Phi) is 4.27. The van der Waals surface area contributed by atoms with E-state index in [9.17, 15) is 22.4 Å². The molecule has 0 spiro atoms. The Morgan fingerprint density at radius 3 is 2.57 bits per heavy atom. The first kappa shape index (κ1) is 15.8. The predicted molar refractivity (Wildman–Crippen MR) is 72.6 cm³/mol. The summed E-state index contributed by atoms with van der Waals surface area (Å²) in [4.78, 5) is 15.3. The Bertz CT molecular complexity index is 588. The van der Waals surface area contributed by atoms with Crippen LogP contribution in [-0.2, 0) is 11.2 Å². The molecule has 1 aliphatic rings. The molecule has 0 radical (unpaired) electrons. The summed E-state index contributed by atoms with van der Waals surface area (Å²) in [5, 5.41) is 2.03. The van der Waals surface area contributed by atoms with Gasteiger partial charge in [0.2, 0.25) is 0 Å². The number of amides is 1. The van der Waals surface area contributed by atoms with Crippen LogP contribution in [0.15, 0.2) is 29.3 Å². The van der Waals surface area contributed by atoms with Gasteiger partial charge >= 0.3 is 6.18 Å². The van der Waals surface area contributed by atoms with Gasteiger partial charge in [-0.3, -0.25) is 9.79 Å². The zero-order valence-electron chi connectivity index (χ0n) is 11.0. The predicted octanol–water partition coefficient (Wildman–Crippen LogP) is 2.91. The SMILES string of the molecule is CC1(C(F)(F)F)SC(=NCCc2ccccc2F)NC1=O. The van der Waals surface area contributed by atoms with Crippen LogP contribution < -0.4 is 5.32 Å². The van der Waals surface area contributed by atoms with Gasteiger partial charge in [-0.2, -0.15) is 13.2 Å². The minimum absolute atomic E-state index is 0.0869. The number of alkyl halides is 3. The molecule has 1 amide bonds. The highest BCUT2D eigenvalue weighted by Crippen LogP contribution is 2.44.